The lowest BCUT2D eigenvalue weighted by molar-refractivity contribution is 0.622. The largest absolute Gasteiger partial charge is 0.454 e. The maximum Gasteiger partial charge on any atom is 0.292 e. The molecule has 0 aliphatic rings. The van der Waals surface area contributed by atoms with Crippen LogP contribution in [-0.4, -0.2) is 20.0 Å². The molecule has 0 unspecified atom stereocenters. The summed E-state index contributed by atoms with van der Waals surface area (Å²) < 4.78 is 7.81. The zero-order valence-electron chi connectivity index (χ0n) is 14.7. The van der Waals surface area contributed by atoms with E-state index >= 15 is 0 Å². The number of aromatic amines is 1. The third kappa shape index (κ3) is 2.33. The summed E-state index contributed by atoms with van der Waals surface area (Å²) in [5.41, 5.74) is 8.80. The highest BCUT2D eigenvalue weighted by Gasteiger charge is 2.25. The van der Waals surface area contributed by atoms with Gasteiger partial charge in [0.25, 0.3) is 5.56 Å². The second kappa shape index (κ2) is 5.97. The van der Waals surface area contributed by atoms with Gasteiger partial charge < -0.3 is 10.2 Å². The van der Waals surface area contributed by atoms with E-state index in [1.54, 1.807) is 10.7 Å². The van der Waals surface area contributed by atoms with Crippen LogP contribution in [0.5, 0.6) is 0 Å². The molecule has 0 fully saturated rings. The molecule has 8 heteroatoms. The molecule has 5 aromatic rings. The molecule has 0 amide bonds. The number of rotatable bonds is 2. The number of nitrogens with one attached hydrogen (secondary N) is 1. The summed E-state index contributed by atoms with van der Waals surface area (Å²) in [5.74, 6) is 0.729. The number of hydrogen-bond acceptors (Lipinski definition) is 5. The van der Waals surface area contributed by atoms with Crippen LogP contribution in [0.1, 0.15) is 5.56 Å². The monoisotopic (exact) mass is 391 g/mol. The van der Waals surface area contributed by atoms with Crippen molar-refractivity contribution in [2.24, 2.45) is 0 Å². The van der Waals surface area contributed by atoms with Gasteiger partial charge in [0.2, 0.25) is 0 Å². The Labute approximate surface area is 163 Å². The number of nitrogens with two attached hydrogens (primary N) is 1. The molecule has 2 aromatic carbocycles. The van der Waals surface area contributed by atoms with E-state index in [1.807, 2.05) is 49.4 Å². The number of aryl methyl sites for hydroxylation is 1. The van der Waals surface area contributed by atoms with Crippen molar-refractivity contribution >= 4 is 39.3 Å². The van der Waals surface area contributed by atoms with Gasteiger partial charge in [0.1, 0.15) is 11.3 Å². The molecule has 0 saturated heterocycles. The standard InChI is InChI=1S/C20H14ClN5O2/c1-10-13-9-11(21)7-8-14(13)28-18(10)17-15-16(20(27)24-23-19(15)22)25-26(17)12-5-3-2-4-6-12/h2-9H,1H3,(H2,22,23)(H,24,27). The van der Waals surface area contributed by atoms with Crippen LogP contribution in [0.3, 0.4) is 0 Å². The fourth-order valence-corrected chi connectivity index (χ4v) is 3.60. The van der Waals surface area contributed by atoms with Gasteiger partial charge in [0.15, 0.2) is 17.1 Å². The minimum Gasteiger partial charge on any atom is -0.454 e. The molecule has 7 nitrogen and oxygen atoms in total. The molecule has 28 heavy (non-hydrogen) atoms. The van der Waals surface area contributed by atoms with Crippen LogP contribution in [0.25, 0.3) is 39.0 Å². The Balaban J connectivity index is 1.95. The van der Waals surface area contributed by atoms with Crippen LogP contribution in [0.4, 0.5) is 5.82 Å². The molecule has 0 spiro atoms. The second-order valence-electron chi connectivity index (χ2n) is 6.45. The van der Waals surface area contributed by atoms with Crippen LogP contribution >= 0.6 is 11.6 Å². The van der Waals surface area contributed by atoms with Gasteiger partial charge in [-0.05, 0) is 37.3 Å². The predicted molar refractivity (Wildman–Crippen MR) is 109 cm³/mol. The molecule has 0 radical (unpaired) electrons. The van der Waals surface area contributed by atoms with Crippen LogP contribution in [0.15, 0.2) is 57.7 Å². The fourth-order valence-electron chi connectivity index (χ4n) is 3.42. The van der Waals surface area contributed by atoms with Crippen molar-refractivity contribution in [1.82, 2.24) is 20.0 Å². The number of furan rings is 1. The first kappa shape index (κ1) is 16.6. The maximum absolute atomic E-state index is 12.4. The average molecular weight is 392 g/mol. The van der Waals surface area contributed by atoms with Gasteiger partial charge in [-0.25, -0.2) is 9.78 Å². The number of nitrogen functional groups attached to an aromatic ring is 1. The lowest BCUT2D eigenvalue weighted by Crippen LogP contribution is -2.10. The number of nitrogens with zero attached hydrogens (tertiary/aromatic N) is 3. The number of fused-ring (bicyclic) bond motifs is 2. The van der Waals surface area contributed by atoms with Gasteiger partial charge in [0, 0.05) is 16.0 Å². The summed E-state index contributed by atoms with van der Waals surface area (Å²) >= 11 is 6.16. The number of hydrogen-bond donors (Lipinski definition) is 2. The third-order valence-electron chi connectivity index (χ3n) is 4.75. The second-order valence-corrected chi connectivity index (χ2v) is 6.89. The van der Waals surface area contributed by atoms with E-state index in [4.69, 9.17) is 21.8 Å². The van der Waals surface area contributed by atoms with E-state index in [1.165, 1.54) is 0 Å². The SMILES string of the molecule is Cc1c(-c2c3c(N)n[nH]c(=O)c3nn2-c2ccccc2)oc2ccc(Cl)cc12. The number of H-pyrrole nitrogens is 1. The highest BCUT2D eigenvalue weighted by molar-refractivity contribution is 6.31. The minimum atomic E-state index is -0.420. The van der Waals surface area contributed by atoms with E-state index in [0.29, 0.717) is 27.4 Å². The van der Waals surface area contributed by atoms with Crippen LogP contribution in [0, 0.1) is 6.92 Å². The molecule has 3 N–H and O–H groups in total. The Kier molecular flexibility index (Phi) is 3.53. The highest BCUT2D eigenvalue weighted by Crippen LogP contribution is 2.39. The molecule has 0 bridgehead atoms. The maximum atomic E-state index is 12.4. The Morgan fingerprint density at radius 3 is 2.75 bits per heavy atom. The van der Waals surface area contributed by atoms with E-state index in [-0.39, 0.29) is 11.3 Å². The molecule has 5 rings (SSSR count). The van der Waals surface area contributed by atoms with Crippen molar-refractivity contribution in [3.05, 3.63) is 69.5 Å². The van der Waals surface area contributed by atoms with Gasteiger partial charge in [-0.3, -0.25) is 4.79 Å². The van der Waals surface area contributed by atoms with Gasteiger partial charge in [-0.1, -0.05) is 29.8 Å². The first-order chi connectivity index (χ1) is 13.5. The molecular weight excluding hydrogens is 378 g/mol. The van der Waals surface area contributed by atoms with Crippen LogP contribution in [0.2, 0.25) is 5.02 Å². The first-order valence-electron chi connectivity index (χ1n) is 8.56. The Hall–Kier alpha value is -3.58. The van der Waals surface area contributed by atoms with Crippen molar-refractivity contribution in [3.8, 4) is 17.1 Å². The van der Waals surface area contributed by atoms with E-state index < -0.39 is 5.56 Å². The van der Waals surface area contributed by atoms with Crippen LogP contribution < -0.4 is 11.3 Å². The lowest BCUT2D eigenvalue weighted by atomic mass is 10.1. The first-order valence-corrected chi connectivity index (χ1v) is 8.93. The van der Waals surface area contributed by atoms with Gasteiger partial charge in [-0.15, -0.1) is 0 Å². The van der Waals surface area contributed by atoms with Crippen molar-refractivity contribution in [2.45, 2.75) is 6.92 Å². The highest BCUT2D eigenvalue weighted by atomic mass is 35.5. The summed E-state index contributed by atoms with van der Waals surface area (Å²) in [4.78, 5) is 12.4. The quantitative estimate of drug-likeness (QED) is 0.472. The van der Waals surface area contributed by atoms with Gasteiger partial charge in [0.05, 0.1) is 11.1 Å². The predicted octanol–water partition coefficient (Wildman–Crippen LogP) is 4.07. The van der Waals surface area contributed by atoms with Crippen molar-refractivity contribution in [2.75, 3.05) is 5.73 Å². The summed E-state index contributed by atoms with van der Waals surface area (Å²) in [6, 6.07) is 14.9. The van der Waals surface area contributed by atoms with Crippen molar-refractivity contribution < 1.29 is 4.42 Å². The number of para-hydroxylation sites is 1. The van der Waals surface area contributed by atoms with Gasteiger partial charge in [-0.2, -0.15) is 10.2 Å². The summed E-state index contributed by atoms with van der Waals surface area (Å²) in [5, 5.41) is 12.8. The number of halogens is 1. The minimum absolute atomic E-state index is 0.171. The molecule has 138 valence electrons. The van der Waals surface area contributed by atoms with Crippen molar-refractivity contribution in [3.63, 3.8) is 0 Å². The van der Waals surface area contributed by atoms with E-state index in [2.05, 4.69) is 15.3 Å². The lowest BCUT2D eigenvalue weighted by Gasteiger charge is -2.07. The summed E-state index contributed by atoms with van der Waals surface area (Å²) in [6.45, 7) is 1.93. The number of benzene rings is 2. The molecule has 0 aliphatic heterocycles. The normalized spacial score (nSPS) is 11.5. The molecule has 0 atom stereocenters. The molecule has 0 aliphatic carbocycles. The average Bonchev–Trinajstić information content (AvgIpc) is 3.25. The number of aromatic nitrogens is 4. The van der Waals surface area contributed by atoms with E-state index in [0.717, 1.165) is 16.6 Å². The smallest absolute Gasteiger partial charge is 0.292 e. The number of anilines is 1. The Morgan fingerprint density at radius 2 is 1.96 bits per heavy atom. The summed E-state index contributed by atoms with van der Waals surface area (Å²) in [7, 11) is 0. The molecular formula is C20H14ClN5O2. The van der Waals surface area contributed by atoms with E-state index in [9.17, 15) is 4.79 Å². The zero-order valence-corrected chi connectivity index (χ0v) is 15.5. The summed E-state index contributed by atoms with van der Waals surface area (Å²) in [6.07, 6.45) is 0. The Morgan fingerprint density at radius 1 is 1.18 bits per heavy atom. The van der Waals surface area contributed by atoms with Crippen molar-refractivity contribution in [1.29, 1.82) is 0 Å². The van der Waals surface area contributed by atoms with Gasteiger partial charge >= 0.3 is 0 Å². The van der Waals surface area contributed by atoms with Crippen LogP contribution in [-0.2, 0) is 0 Å². The molecule has 3 aromatic heterocycles. The topological polar surface area (TPSA) is 103 Å². The third-order valence-corrected chi connectivity index (χ3v) is 4.98. The Bertz CT molecular complexity index is 1420. The molecule has 0 saturated carbocycles. The zero-order chi connectivity index (χ0) is 19.4. The molecule has 3 heterocycles. The fraction of sp³-hybridized carbons (Fsp3) is 0.0500.